The van der Waals surface area contributed by atoms with Crippen LogP contribution >= 0.6 is 11.8 Å². The predicted molar refractivity (Wildman–Crippen MR) is 135 cm³/mol. The molecule has 0 bridgehead atoms. The van der Waals surface area contributed by atoms with E-state index in [9.17, 15) is 14.4 Å². The zero-order valence-electron chi connectivity index (χ0n) is 19.4. The van der Waals surface area contributed by atoms with Gasteiger partial charge in [-0.15, -0.1) is 11.8 Å². The van der Waals surface area contributed by atoms with Gasteiger partial charge in [0.2, 0.25) is 11.8 Å². The molecule has 0 heterocycles. The van der Waals surface area contributed by atoms with E-state index in [-0.39, 0.29) is 29.5 Å². The quantitative estimate of drug-likeness (QED) is 0.468. The normalized spacial score (nSPS) is 14.6. The van der Waals surface area contributed by atoms with Crippen LogP contribution in [0.1, 0.15) is 67.8 Å². The molecule has 176 valence electrons. The van der Waals surface area contributed by atoms with Gasteiger partial charge in [0.05, 0.1) is 11.3 Å². The third-order valence-electron chi connectivity index (χ3n) is 5.85. The van der Waals surface area contributed by atoms with E-state index in [0.29, 0.717) is 16.9 Å². The Morgan fingerprint density at radius 1 is 0.879 bits per heavy atom. The van der Waals surface area contributed by atoms with Crippen molar-refractivity contribution in [1.82, 2.24) is 5.32 Å². The van der Waals surface area contributed by atoms with Crippen molar-refractivity contribution in [2.45, 2.75) is 69.7 Å². The van der Waals surface area contributed by atoms with Gasteiger partial charge in [-0.3, -0.25) is 14.4 Å². The lowest BCUT2D eigenvalue weighted by molar-refractivity contribution is -0.119. The molecule has 2 aromatic rings. The number of benzene rings is 2. The molecule has 2 aromatic carbocycles. The predicted octanol–water partition coefficient (Wildman–Crippen LogP) is 5.53. The number of nitrogens with one attached hydrogen (secondary N) is 3. The third-order valence-corrected chi connectivity index (χ3v) is 6.93. The highest BCUT2D eigenvalue weighted by molar-refractivity contribution is 8.00. The molecule has 0 saturated heterocycles. The summed E-state index contributed by atoms with van der Waals surface area (Å²) in [5, 5.41) is 8.90. The molecular weight excluding hydrogens is 434 g/mol. The molecule has 7 heteroatoms. The Kier molecular flexibility index (Phi) is 9.36. The summed E-state index contributed by atoms with van der Waals surface area (Å²) in [6.45, 7) is 3.30. The maximum absolute atomic E-state index is 13.0. The van der Waals surface area contributed by atoms with Crippen LogP contribution in [0.5, 0.6) is 0 Å². The van der Waals surface area contributed by atoms with Gasteiger partial charge in [0.15, 0.2) is 0 Å². The van der Waals surface area contributed by atoms with Gasteiger partial charge >= 0.3 is 0 Å². The molecule has 1 fully saturated rings. The van der Waals surface area contributed by atoms with Crippen molar-refractivity contribution < 1.29 is 14.4 Å². The average Bonchev–Trinajstić information content (AvgIpc) is 2.76. The smallest absolute Gasteiger partial charge is 0.256 e. The molecule has 0 atom stereocenters. The summed E-state index contributed by atoms with van der Waals surface area (Å²) >= 11 is 1.38. The van der Waals surface area contributed by atoms with Crippen LogP contribution in [-0.4, -0.2) is 29.5 Å². The van der Waals surface area contributed by atoms with Gasteiger partial charge in [-0.1, -0.05) is 50.3 Å². The molecule has 3 amide bonds. The van der Waals surface area contributed by atoms with E-state index in [1.165, 1.54) is 50.8 Å². The fraction of sp³-hybridized carbons (Fsp3) is 0.423. The molecule has 3 N–H and O–H groups in total. The Balaban J connectivity index is 1.62. The van der Waals surface area contributed by atoms with Crippen molar-refractivity contribution in [2.75, 3.05) is 16.4 Å². The average molecular weight is 468 g/mol. The third kappa shape index (κ3) is 7.63. The monoisotopic (exact) mass is 467 g/mol. The Morgan fingerprint density at radius 2 is 1.52 bits per heavy atom. The fourth-order valence-electron chi connectivity index (χ4n) is 4.08. The van der Waals surface area contributed by atoms with E-state index in [2.05, 4.69) is 16.0 Å². The molecule has 1 aliphatic carbocycles. The van der Waals surface area contributed by atoms with E-state index in [0.717, 1.165) is 23.3 Å². The van der Waals surface area contributed by atoms with Crippen LogP contribution in [0.2, 0.25) is 0 Å². The van der Waals surface area contributed by atoms with Crippen molar-refractivity contribution in [3.63, 3.8) is 0 Å². The van der Waals surface area contributed by atoms with E-state index in [1.54, 1.807) is 24.3 Å². The van der Waals surface area contributed by atoms with E-state index >= 15 is 0 Å². The van der Waals surface area contributed by atoms with Crippen molar-refractivity contribution in [3.05, 3.63) is 53.6 Å². The number of rotatable bonds is 7. The Bertz CT molecular complexity index is 984. The molecular formula is C26H33N3O3S. The van der Waals surface area contributed by atoms with Gasteiger partial charge in [0.1, 0.15) is 0 Å². The Labute approximate surface area is 200 Å². The van der Waals surface area contributed by atoms with E-state index < -0.39 is 0 Å². The highest BCUT2D eigenvalue weighted by atomic mass is 32.2. The minimum atomic E-state index is -0.249. The second-order valence-electron chi connectivity index (χ2n) is 8.51. The number of thioether (sulfide) groups is 1. The molecule has 33 heavy (non-hydrogen) atoms. The Morgan fingerprint density at radius 3 is 2.21 bits per heavy atom. The first kappa shape index (κ1) is 24.8. The van der Waals surface area contributed by atoms with Crippen LogP contribution in [0.25, 0.3) is 0 Å². The molecule has 0 unspecified atom stereocenters. The summed E-state index contributed by atoms with van der Waals surface area (Å²) in [6.07, 6.45) is 8.23. The summed E-state index contributed by atoms with van der Waals surface area (Å²) in [6, 6.07) is 13.0. The maximum Gasteiger partial charge on any atom is 0.256 e. The number of carbonyl (C=O) groups is 3. The number of hydrogen-bond donors (Lipinski definition) is 3. The molecule has 6 nitrogen and oxygen atoms in total. The SMILES string of the molecule is CC(=O)Nc1cccc(NC(=O)c2ccccc2SCC(=O)NC2CCCCCCC2)c1C. The summed E-state index contributed by atoms with van der Waals surface area (Å²) in [5.74, 6) is -0.125. The Hall–Kier alpha value is -2.80. The van der Waals surface area contributed by atoms with Crippen LogP contribution in [0.4, 0.5) is 11.4 Å². The molecule has 1 saturated carbocycles. The van der Waals surface area contributed by atoms with Gasteiger partial charge in [0, 0.05) is 29.2 Å². The molecule has 1 aliphatic rings. The van der Waals surface area contributed by atoms with Gasteiger partial charge in [-0.25, -0.2) is 0 Å². The summed E-state index contributed by atoms with van der Waals surface area (Å²) in [4.78, 5) is 37.8. The van der Waals surface area contributed by atoms with E-state index in [1.807, 2.05) is 25.1 Å². The lowest BCUT2D eigenvalue weighted by atomic mass is 9.97. The lowest BCUT2D eigenvalue weighted by Crippen LogP contribution is -2.36. The van der Waals surface area contributed by atoms with Gasteiger partial charge in [0.25, 0.3) is 5.91 Å². The molecule has 0 aliphatic heterocycles. The maximum atomic E-state index is 13.0. The summed E-state index contributed by atoms with van der Waals surface area (Å²) in [5.41, 5.74) is 2.59. The highest BCUT2D eigenvalue weighted by Gasteiger charge is 2.17. The van der Waals surface area contributed by atoms with Crippen molar-refractivity contribution >= 4 is 40.9 Å². The van der Waals surface area contributed by atoms with Crippen LogP contribution in [-0.2, 0) is 9.59 Å². The first-order valence-corrected chi connectivity index (χ1v) is 12.6. The first-order chi connectivity index (χ1) is 15.9. The van der Waals surface area contributed by atoms with Gasteiger partial charge in [-0.2, -0.15) is 0 Å². The number of anilines is 2. The minimum absolute atomic E-state index is 0.0136. The number of amides is 3. The van der Waals surface area contributed by atoms with Gasteiger partial charge in [-0.05, 0) is 49.6 Å². The highest BCUT2D eigenvalue weighted by Crippen LogP contribution is 2.27. The van der Waals surface area contributed by atoms with Crippen LogP contribution in [0.15, 0.2) is 47.4 Å². The van der Waals surface area contributed by atoms with Crippen molar-refractivity contribution in [1.29, 1.82) is 0 Å². The standard InChI is InChI=1S/C26H33N3O3S/c1-18-22(27-19(2)30)14-10-15-23(18)29-26(32)21-13-8-9-16-24(21)33-17-25(31)28-20-11-6-4-3-5-7-12-20/h8-10,13-16,20H,3-7,11-12,17H2,1-2H3,(H,27,30)(H,28,31)(H,29,32). The van der Waals surface area contributed by atoms with E-state index in [4.69, 9.17) is 0 Å². The molecule has 0 radical (unpaired) electrons. The first-order valence-electron chi connectivity index (χ1n) is 11.6. The fourth-order valence-corrected chi connectivity index (χ4v) is 4.94. The number of hydrogen-bond acceptors (Lipinski definition) is 4. The second kappa shape index (κ2) is 12.4. The van der Waals surface area contributed by atoms with Crippen LogP contribution in [0.3, 0.4) is 0 Å². The molecule has 3 rings (SSSR count). The molecule has 0 spiro atoms. The number of carbonyl (C=O) groups excluding carboxylic acids is 3. The zero-order valence-corrected chi connectivity index (χ0v) is 20.2. The topological polar surface area (TPSA) is 87.3 Å². The van der Waals surface area contributed by atoms with Crippen molar-refractivity contribution in [2.24, 2.45) is 0 Å². The second-order valence-corrected chi connectivity index (χ2v) is 9.53. The van der Waals surface area contributed by atoms with Crippen molar-refractivity contribution in [3.8, 4) is 0 Å². The summed E-state index contributed by atoms with van der Waals surface area (Å²) in [7, 11) is 0. The minimum Gasteiger partial charge on any atom is -0.353 e. The van der Waals surface area contributed by atoms with Crippen LogP contribution < -0.4 is 16.0 Å². The summed E-state index contributed by atoms with van der Waals surface area (Å²) < 4.78 is 0. The van der Waals surface area contributed by atoms with Gasteiger partial charge < -0.3 is 16.0 Å². The largest absolute Gasteiger partial charge is 0.353 e. The zero-order chi connectivity index (χ0) is 23.6. The lowest BCUT2D eigenvalue weighted by Gasteiger charge is -2.21. The molecule has 0 aromatic heterocycles. The van der Waals surface area contributed by atoms with Crippen LogP contribution in [0, 0.1) is 6.92 Å².